The fourth-order valence-electron chi connectivity index (χ4n) is 2.26. The number of anilines is 1. The molecule has 0 aromatic heterocycles. The van der Waals surface area contributed by atoms with E-state index in [0.717, 1.165) is 38.2 Å². The highest BCUT2D eigenvalue weighted by Crippen LogP contribution is 2.28. The maximum atomic E-state index is 10.9. The molecule has 1 unspecified atom stereocenters. The average Bonchev–Trinajstić information content (AvgIpc) is 2.63. The van der Waals surface area contributed by atoms with Gasteiger partial charge >= 0.3 is 5.97 Å². The van der Waals surface area contributed by atoms with Gasteiger partial charge in [-0.15, -0.1) is 0 Å². The third-order valence-corrected chi connectivity index (χ3v) is 3.64. The molecule has 1 saturated heterocycles. The van der Waals surface area contributed by atoms with Crippen LogP contribution in [0.25, 0.3) is 0 Å². The number of benzene rings is 1. The second-order valence-corrected chi connectivity index (χ2v) is 5.08. The topological polar surface area (TPSA) is 49.8 Å². The van der Waals surface area contributed by atoms with Gasteiger partial charge in [0.2, 0.25) is 0 Å². The van der Waals surface area contributed by atoms with E-state index in [2.05, 4.69) is 11.8 Å². The Morgan fingerprint density at radius 2 is 2.37 bits per heavy atom. The highest BCUT2D eigenvalue weighted by molar-refractivity contribution is 6.33. The van der Waals surface area contributed by atoms with Gasteiger partial charge in [-0.3, -0.25) is 0 Å². The Hall–Kier alpha value is -1.26. The highest BCUT2D eigenvalue weighted by atomic mass is 35.5. The molecule has 0 radical (unpaired) electrons. The first-order valence-corrected chi connectivity index (χ1v) is 6.89. The van der Waals surface area contributed by atoms with Gasteiger partial charge in [0.15, 0.2) is 0 Å². The summed E-state index contributed by atoms with van der Waals surface area (Å²) in [6, 6.07) is 4.88. The lowest BCUT2D eigenvalue weighted by Gasteiger charge is -2.26. The summed E-state index contributed by atoms with van der Waals surface area (Å²) in [5.74, 6) is -0.959. The molecular weight excluding hydrogens is 266 g/mol. The number of carboxylic acids is 1. The fourth-order valence-corrected chi connectivity index (χ4v) is 2.56. The van der Waals surface area contributed by atoms with Crippen molar-refractivity contribution >= 4 is 23.3 Å². The van der Waals surface area contributed by atoms with Crippen LogP contribution in [0.1, 0.15) is 30.1 Å². The molecule has 1 N–H and O–H groups in total. The Morgan fingerprint density at radius 3 is 3.00 bits per heavy atom. The van der Waals surface area contributed by atoms with Gasteiger partial charge < -0.3 is 14.7 Å². The van der Waals surface area contributed by atoms with Gasteiger partial charge in [0.25, 0.3) is 0 Å². The first kappa shape index (κ1) is 14.2. The standard InChI is InChI=1S/C14H18ClNO3/c1-2-11-9-16(6-3-7-19-11)13-5-4-10(14(17)18)8-12(13)15/h4-5,8,11H,2-3,6-7,9H2,1H3,(H,17,18). The summed E-state index contributed by atoms with van der Waals surface area (Å²) in [6.07, 6.45) is 2.12. The van der Waals surface area contributed by atoms with E-state index in [1.165, 1.54) is 6.07 Å². The summed E-state index contributed by atoms with van der Waals surface area (Å²) in [5, 5.41) is 9.43. The number of hydrogen-bond acceptors (Lipinski definition) is 3. The predicted molar refractivity (Wildman–Crippen MR) is 75.3 cm³/mol. The summed E-state index contributed by atoms with van der Waals surface area (Å²) >= 11 is 6.21. The van der Waals surface area contributed by atoms with E-state index < -0.39 is 5.97 Å². The van der Waals surface area contributed by atoms with Crippen LogP contribution in [0.5, 0.6) is 0 Å². The van der Waals surface area contributed by atoms with Crippen LogP contribution >= 0.6 is 11.6 Å². The van der Waals surface area contributed by atoms with Crippen LogP contribution in [0.3, 0.4) is 0 Å². The van der Waals surface area contributed by atoms with Crippen molar-refractivity contribution in [2.75, 3.05) is 24.6 Å². The van der Waals surface area contributed by atoms with Crippen molar-refractivity contribution < 1.29 is 14.6 Å². The highest BCUT2D eigenvalue weighted by Gasteiger charge is 2.19. The van der Waals surface area contributed by atoms with Crippen molar-refractivity contribution in [1.29, 1.82) is 0 Å². The Morgan fingerprint density at radius 1 is 1.58 bits per heavy atom. The summed E-state index contributed by atoms with van der Waals surface area (Å²) in [7, 11) is 0. The summed E-state index contributed by atoms with van der Waals surface area (Å²) in [6.45, 7) is 4.54. The molecule has 1 aliphatic heterocycles. The summed E-state index contributed by atoms with van der Waals surface area (Å²) < 4.78 is 5.73. The molecule has 1 atom stereocenters. The molecule has 19 heavy (non-hydrogen) atoms. The molecule has 1 aromatic rings. The quantitative estimate of drug-likeness (QED) is 0.926. The van der Waals surface area contributed by atoms with E-state index in [9.17, 15) is 4.79 Å². The molecule has 1 heterocycles. The van der Waals surface area contributed by atoms with Gasteiger partial charge in [-0.25, -0.2) is 4.79 Å². The van der Waals surface area contributed by atoms with Crippen molar-refractivity contribution in [3.05, 3.63) is 28.8 Å². The number of rotatable bonds is 3. The largest absolute Gasteiger partial charge is 0.478 e. The van der Waals surface area contributed by atoms with Crippen LogP contribution in [0.4, 0.5) is 5.69 Å². The predicted octanol–water partition coefficient (Wildman–Crippen LogP) is 3.04. The van der Waals surface area contributed by atoms with E-state index in [4.69, 9.17) is 21.4 Å². The molecule has 1 aromatic carbocycles. The molecule has 1 fully saturated rings. The molecule has 0 bridgehead atoms. The molecule has 4 nitrogen and oxygen atoms in total. The first-order chi connectivity index (χ1) is 9.11. The molecule has 0 saturated carbocycles. The van der Waals surface area contributed by atoms with Gasteiger partial charge in [-0.2, -0.15) is 0 Å². The minimum Gasteiger partial charge on any atom is -0.478 e. The maximum absolute atomic E-state index is 10.9. The lowest BCUT2D eigenvalue weighted by molar-refractivity contribution is 0.0664. The minimum absolute atomic E-state index is 0.206. The average molecular weight is 284 g/mol. The molecule has 1 aliphatic rings. The van der Waals surface area contributed by atoms with E-state index in [-0.39, 0.29) is 11.7 Å². The summed E-state index contributed by atoms with van der Waals surface area (Å²) in [5.41, 5.74) is 1.10. The first-order valence-electron chi connectivity index (χ1n) is 6.51. The third-order valence-electron chi connectivity index (χ3n) is 3.34. The van der Waals surface area contributed by atoms with Gasteiger partial charge in [-0.1, -0.05) is 18.5 Å². The fraction of sp³-hybridized carbons (Fsp3) is 0.500. The van der Waals surface area contributed by atoms with Crippen LogP contribution in [0.15, 0.2) is 18.2 Å². The van der Waals surface area contributed by atoms with Crippen LogP contribution in [0.2, 0.25) is 5.02 Å². The van der Waals surface area contributed by atoms with Crippen molar-refractivity contribution in [2.45, 2.75) is 25.9 Å². The lowest BCUT2D eigenvalue weighted by atomic mass is 10.1. The van der Waals surface area contributed by atoms with Crippen molar-refractivity contribution in [1.82, 2.24) is 0 Å². The number of hydrogen-bond donors (Lipinski definition) is 1. The molecule has 104 valence electrons. The van der Waals surface area contributed by atoms with E-state index in [0.29, 0.717) is 5.02 Å². The Labute approximate surface area is 117 Å². The second kappa shape index (κ2) is 6.26. The van der Waals surface area contributed by atoms with Crippen molar-refractivity contribution in [3.63, 3.8) is 0 Å². The van der Waals surface area contributed by atoms with Crippen LogP contribution in [-0.4, -0.2) is 36.9 Å². The van der Waals surface area contributed by atoms with Gasteiger partial charge in [0, 0.05) is 19.7 Å². The molecule has 0 spiro atoms. The number of carboxylic acid groups (broad SMARTS) is 1. The summed E-state index contributed by atoms with van der Waals surface area (Å²) in [4.78, 5) is 13.1. The van der Waals surface area contributed by atoms with E-state index in [1.54, 1.807) is 12.1 Å². The number of aromatic carboxylic acids is 1. The third kappa shape index (κ3) is 3.39. The SMILES string of the molecule is CCC1CN(c2ccc(C(=O)O)cc2Cl)CCCO1. The lowest BCUT2D eigenvalue weighted by Crippen LogP contribution is -2.31. The number of ether oxygens (including phenoxy) is 1. The van der Waals surface area contributed by atoms with Crippen molar-refractivity contribution in [2.24, 2.45) is 0 Å². The van der Waals surface area contributed by atoms with Crippen LogP contribution < -0.4 is 4.90 Å². The van der Waals surface area contributed by atoms with Gasteiger partial charge in [-0.05, 0) is 31.0 Å². The smallest absolute Gasteiger partial charge is 0.335 e. The molecule has 2 rings (SSSR count). The monoisotopic (exact) mass is 283 g/mol. The molecule has 5 heteroatoms. The molecular formula is C14H18ClNO3. The second-order valence-electron chi connectivity index (χ2n) is 4.67. The Balaban J connectivity index is 2.22. The minimum atomic E-state index is -0.959. The van der Waals surface area contributed by atoms with Gasteiger partial charge in [0.1, 0.15) is 0 Å². The zero-order valence-electron chi connectivity index (χ0n) is 10.9. The number of nitrogens with zero attached hydrogens (tertiary/aromatic N) is 1. The Kier molecular flexibility index (Phi) is 4.66. The number of carbonyl (C=O) groups is 1. The van der Waals surface area contributed by atoms with Crippen LogP contribution in [-0.2, 0) is 4.74 Å². The zero-order valence-corrected chi connectivity index (χ0v) is 11.7. The Bertz CT molecular complexity index is 464. The normalized spacial score (nSPS) is 20.1. The van der Waals surface area contributed by atoms with E-state index >= 15 is 0 Å². The van der Waals surface area contributed by atoms with Crippen LogP contribution in [0, 0.1) is 0 Å². The van der Waals surface area contributed by atoms with Crippen molar-refractivity contribution in [3.8, 4) is 0 Å². The molecule has 0 amide bonds. The maximum Gasteiger partial charge on any atom is 0.335 e. The van der Waals surface area contributed by atoms with E-state index in [1.807, 2.05) is 0 Å². The number of halogens is 1. The zero-order chi connectivity index (χ0) is 13.8. The molecule has 0 aliphatic carbocycles. The van der Waals surface area contributed by atoms with Gasteiger partial charge in [0.05, 0.1) is 22.4 Å².